The number of amides is 1. The molecule has 0 saturated heterocycles. The van der Waals surface area contributed by atoms with Crippen molar-refractivity contribution in [3.8, 4) is 0 Å². The van der Waals surface area contributed by atoms with Crippen LogP contribution in [0.15, 0.2) is 29.4 Å². The summed E-state index contributed by atoms with van der Waals surface area (Å²) in [4.78, 5) is 19.3. The summed E-state index contributed by atoms with van der Waals surface area (Å²) in [6.45, 7) is 9.21. The Morgan fingerprint density at radius 3 is 2.67 bits per heavy atom. The molecule has 2 rings (SSSR count). The second-order valence-electron chi connectivity index (χ2n) is 7.17. The van der Waals surface area contributed by atoms with Gasteiger partial charge >= 0.3 is 0 Å². The molecule has 0 unspecified atom stereocenters. The van der Waals surface area contributed by atoms with E-state index in [1.165, 1.54) is 12.1 Å². The number of aliphatic imine (C=N–C) groups is 1. The van der Waals surface area contributed by atoms with E-state index in [-0.39, 0.29) is 47.8 Å². The smallest absolute Gasteiger partial charge is 0.242 e. The van der Waals surface area contributed by atoms with Crippen molar-refractivity contribution in [3.05, 3.63) is 35.8 Å². The number of aromatic nitrogens is 1. The van der Waals surface area contributed by atoms with Crippen LogP contribution in [-0.4, -0.2) is 42.0 Å². The molecule has 0 radical (unpaired) electrons. The van der Waals surface area contributed by atoms with Crippen molar-refractivity contribution in [2.45, 2.75) is 39.7 Å². The molecule has 0 saturated carbocycles. The number of aromatic amines is 1. The third-order valence-corrected chi connectivity index (χ3v) is 3.66. The summed E-state index contributed by atoms with van der Waals surface area (Å²) in [5.41, 5.74) is 1.63. The zero-order valence-corrected chi connectivity index (χ0v) is 18.6. The van der Waals surface area contributed by atoms with E-state index in [0.717, 1.165) is 22.9 Å². The number of H-pyrrole nitrogens is 1. The second-order valence-corrected chi connectivity index (χ2v) is 7.17. The fraction of sp³-hybridized carbons (Fsp3) is 0.474. The molecule has 1 aromatic carbocycles. The zero-order chi connectivity index (χ0) is 19.2. The molecule has 0 aliphatic rings. The van der Waals surface area contributed by atoms with Crippen molar-refractivity contribution in [3.63, 3.8) is 0 Å². The Balaban J connectivity index is 0.00000364. The number of nitrogens with zero attached hydrogens (tertiary/aromatic N) is 1. The van der Waals surface area contributed by atoms with Gasteiger partial charge in [0.15, 0.2) is 5.96 Å². The number of benzene rings is 1. The van der Waals surface area contributed by atoms with Gasteiger partial charge in [0.25, 0.3) is 0 Å². The first kappa shape index (κ1) is 23.2. The molecule has 1 amide bonds. The third kappa shape index (κ3) is 7.74. The van der Waals surface area contributed by atoms with E-state index in [1.54, 1.807) is 6.07 Å². The lowest BCUT2D eigenvalue weighted by Crippen LogP contribution is -2.43. The number of carbonyl (C=O) groups is 1. The molecule has 0 spiro atoms. The summed E-state index contributed by atoms with van der Waals surface area (Å²) in [6.07, 6.45) is 2.65. The number of halogens is 2. The van der Waals surface area contributed by atoms with Crippen LogP contribution < -0.4 is 16.0 Å². The highest BCUT2D eigenvalue weighted by molar-refractivity contribution is 14.0. The average molecular weight is 489 g/mol. The molecule has 27 heavy (non-hydrogen) atoms. The number of rotatable bonds is 6. The van der Waals surface area contributed by atoms with Crippen molar-refractivity contribution >= 4 is 46.7 Å². The Bertz CT molecular complexity index is 782. The van der Waals surface area contributed by atoms with Gasteiger partial charge in [-0.25, -0.2) is 9.38 Å². The molecule has 6 nitrogen and oxygen atoms in total. The zero-order valence-electron chi connectivity index (χ0n) is 16.3. The average Bonchev–Trinajstić information content (AvgIpc) is 2.93. The summed E-state index contributed by atoms with van der Waals surface area (Å²) >= 11 is 0. The molecule has 150 valence electrons. The van der Waals surface area contributed by atoms with Crippen LogP contribution in [0.5, 0.6) is 0 Å². The van der Waals surface area contributed by atoms with Crippen molar-refractivity contribution in [2.24, 2.45) is 4.99 Å². The van der Waals surface area contributed by atoms with Gasteiger partial charge in [-0.05, 0) is 57.9 Å². The molecular weight excluding hydrogens is 460 g/mol. The fourth-order valence-corrected chi connectivity index (χ4v) is 2.63. The predicted octanol–water partition coefficient (Wildman–Crippen LogP) is 2.94. The Hall–Kier alpha value is -1.84. The highest BCUT2D eigenvalue weighted by Gasteiger charge is 2.13. The lowest BCUT2D eigenvalue weighted by molar-refractivity contribution is -0.121. The minimum atomic E-state index is -0.271. The normalized spacial score (nSPS) is 11.8. The van der Waals surface area contributed by atoms with Crippen molar-refractivity contribution in [1.29, 1.82) is 0 Å². The lowest BCUT2D eigenvalue weighted by Gasteiger charge is -2.20. The fourth-order valence-electron chi connectivity index (χ4n) is 2.63. The van der Waals surface area contributed by atoms with Crippen LogP contribution in [0.25, 0.3) is 10.9 Å². The van der Waals surface area contributed by atoms with E-state index in [2.05, 4.69) is 25.9 Å². The van der Waals surface area contributed by atoms with Crippen LogP contribution >= 0.6 is 24.0 Å². The Labute approximate surface area is 176 Å². The van der Waals surface area contributed by atoms with Crippen molar-refractivity contribution in [2.75, 3.05) is 19.6 Å². The molecule has 0 aliphatic carbocycles. The summed E-state index contributed by atoms with van der Waals surface area (Å²) in [7, 11) is 0. The highest BCUT2D eigenvalue weighted by Crippen LogP contribution is 2.19. The van der Waals surface area contributed by atoms with Crippen molar-refractivity contribution in [1.82, 2.24) is 20.9 Å². The summed E-state index contributed by atoms with van der Waals surface area (Å²) in [5, 5.41) is 10.2. The number of nitrogens with one attached hydrogen (secondary N) is 4. The van der Waals surface area contributed by atoms with Crippen LogP contribution in [0.4, 0.5) is 4.39 Å². The van der Waals surface area contributed by atoms with Gasteiger partial charge in [0.2, 0.25) is 5.91 Å². The van der Waals surface area contributed by atoms with E-state index in [4.69, 9.17) is 0 Å². The number of hydrogen-bond acceptors (Lipinski definition) is 2. The molecule has 0 atom stereocenters. The molecule has 1 heterocycles. The van der Waals surface area contributed by atoms with Crippen LogP contribution in [0.1, 0.15) is 33.3 Å². The maximum Gasteiger partial charge on any atom is 0.242 e. The maximum absolute atomic E-state index is 13.3. The second kappa shape index (κ2) is 10.5. The number of fused-ring (bicyclic) bond motifs is 1. The number of carbonyl (C=O) groups excluding carboxylic acids is 1. The van der Waals surface area contributed by atoms with Crippen LogP contribution in [0.2, 0.25) is 0 Å². The van der Waals surface area contributed by atoms with Crippen LogP contribution in [-0.2, 0) is 11.2 Å². The molecule has 2 aromatic rings. The third-order valence-electron chi connectivity index (χ3n) is 3.66. The van der Waals surface area contributed by atoms with Gasteiger partial charge in [-0.15, -0.1) is 24.0 Å². The first-order valence-corrected chi connectivity index (χ1v) is 8.87. The molecule has 0 fully saturated rings. The van der Waals surface area contributed by atoms with Gasteiger partial charge in [-0.2, -0.15) is 0 Å². The topological polar surface area (TPSA) is 81.3 Å². The number of guanidine groups is 1. The van der Waals surface area contributed by atoms with E-state index >= 15 is 0 Å². The molecule has 1 aromatic heterocycles. The van der Waals surface area contributed by atoms with Crippen molar-refractivity contribution < 1.29 is 9.18 Å². The Kier molecular flexibility index (Phi) is 9.01. The SMILES string of the molecule is CCNC(=NCC(=O)NC(C)(C)C)NCCc1c[nH]c2cc(F)ccc12.I. The Morgan fingerprint density at radius 1 is 1.26 bits per heavy atom. The van der Waals surface area contributed by atoms with Gasteiger partial charge in [-0.3, -0.25) is 4.79 Å². The molecule has 4 N–H and O–H groups in total. The minimum Gasteiger partial charge on any atom is -0.361 e. The van der Waals surface area contributed by atoms with E-state index in [1.807, 2.05) is 33.9 Å². The quantitative estimate of drug-likeness (QED) is 0.286. The summed E-state index contributed by atoms with van der Waals surface area (Å²) < 4.78 is 13.3. The van der Waals surface area contributed by atoms with Crippen LogP contribution in [0.3, 0.4) is 0 Å². The van der Waals surface area contributed by atoms with Gasteiger partial charge < -0.3 is 20.9 Å². The highest BCUT2D eigenvalue weighted by atomic mass is 127. The van der Waals surface area contributed by atoms with E-state index < -0.39 is 0 Å². The summed E-state index contributed by atoms with van der Waals surface area (Å²) in [5.74, 6) is 0.231. The monoisotopic (exact) mass is 489 g/mol. The first-order chi connectivity index (χ1) is 12.3. The van der Waals surface area contributed by atoms with Gasteiger partial charge in [0, 0.05) is 35.7 Å². The first-order valence-electron chi connectivity index (χ1n) is 8.87. The van der Waals surface area contributed by atoms with Gasteiger partial charge in [-0.1, -0.05) is 0 Å². The largest absolute Gasteiger partial charge is 0.361 e. The van der Waals surface area contributed by atoms with Gasteiger partial charge in [0.05, 0.1) is 0 Å². The summed E-state index contributed by atoms with van der Waals surface area (Å²) in [6, 6.07) is 4.74. The molecule has 0 bridgehead atoms. The standard InChI is InChI=1S/C19H28FN5O.HI/c1-5-21-18(24-12-17(26)25-19(2,3)4)22-9-8-13-11-23-16-10-14(20)6-7-15(13)16;/h6-7,10-11,23H,5,8-9,12H2,1-4H3,(H,25,26)(H2,21,22,24);1H. The van der Waals surface area contributed by atoms with E-state index in [9.17, 15) is 9.18 Å². The number of hydrogen-bond donors (Lipinski definition) is 4. The minimum absolute atomic E-state index is 0. The molecular formula is C19H29FIN5O. The predicted molar refractivity (Wildman–Crippen MR) is 119 cm³/mol. The molecule has 0 aliphatic heterocycles. The lowest BCUT2D eigenvalue weighted by atomic mass is 10.1. The maximum atomic E-state index is 13.3. The van der Waals surface area contributed by atoms with Gasteiger partial charge in [0.1, 0.15) is 12.4 Å². The Morgan fingerprint density at radius 2 is 2.00 bits per heavy atom. The molecule has 8 heteroatoms. The van der Waals surface area contributed by atoms with Crippen LogP contribution in [0, 0.1) is 5.82 Å². The van der Waals surface area contributed by atoms with E-state index in [0.29, 0.717) is 19.0 Å².